The summed E-state index contributed by atoms with van der Waals surface area (Å²) in [4.78, 5) is 23.6. The van der Waals surface area contributed by atoms with Crippen LogP contribution in [0.2, 0.25) is 0 Å². The van der Waals surface area contributed by atoms with Crippen LogP contribution in [0, 0.1) is 20.8 Å². The van der Waals surface area contributed by atoms with Gasteiger partial charge < -0.3 is 0 Å². The zero-order chi connectivity index (χ0) is 18.1. The van der Waals surface area contributed by atoms with Crippen LogP contribution in [0.3, 0.4) is 0 Å². The summed E-state index contributed by atoms with van der Waals surface area (Å²) in [5, 5.41) is 0.940. The van der Waals surface area contributed by atoms with Crippen molar-refractivity contribution in [1.82, 2.24) is 24.9 Å². The Bertz CT molecular complexity index is 1070. The summed E-state index contributed by atoms with van der Waals surface area (Å²) < 4.78 is 0. The van der Waals surface area contributed by atoms with Crippen molar-refractivity contribution in [3.63, 3.8) is 0 Å². The minimum absolute atomic E-state index is 0.626. The van der Waals surface area contributed by atoms with Crippen LogP contribution in [0.4, 0.5) is 0 Å². The zero-order valence-electron chi connectivity index (χ0n) is 14.8. The predicted octanol–water partition coefficient (Wildman–Crippen LogP) is 4.65. The Morgan fingerprint density at radius 1 is 0.808 bits per heavy atom. The second-order valence-electron chi connectivity index (χ2n) is 6.04. The van der Waals surface area contributed by atoms with Crippen molar-refractivity contribution in [3.8, 4) is 32.7 Å². The molecule has 0 spiro atoms. The number of rotatable bonds is 3. The van der Waals surface area contributed by atoms with Crippen LogP contribution >= 0.6 is 11.3 Å². The summed E-state index contributed by atoms with van der Waals surface area (Å²) in [6.45, 7) is 6.04. The Labute approximate surface area is 155 Å². The van der Waals surface area contributed by atoms with Gasteiger partial charge in [0.1, 0.15) is 10.7 Å². The van der Waals surface area contributed by atoms with Crippen molar-refractivity contribution in [2.24, 2.45) is 0 Å². The summed E-state index contributed by atoms with van der Waals surface area (Å²) in [5.41, 5.74) is 5.75. The molecule has 0 N–H and O–H groups in total. The minimum atomic E-state index is 0.626. The number of hydrogen-bond acceptors (Lipinski definition) is 6. The lowest BCUT2D eigenvalue weighted by molar-refractivity contribution is 1.10. The first-order valence-electron chi connectivity index (χ1n) is 8.27. The van der Waals surface area contributed by atoms with Crippen molar-refractivity contribution in [2.75, 3.05) is 0 Å². The van der Waals surface area contributed by atoms with E-state index in [1.807, 2.05) is 57.3 Å². The lowest BCUT2D eigenvalue weighted by Gasteiger charge is -2.05. The average molecular weight is 359 g/mol. The van der Waals surface area contributed by atoms with E-state index in [4.69, 9.17) is 4.98 Å². The van der Waals surface area contributed by atoms with Gasteiger partial charge >= 0.3 is 0 Å². The van der Waals surface area contributed by atoms with Gasteiger partial charge in [-0.2, -0.15) is 0 Å². The number of thiazole rings is 1. The topological polar surface area (TPSA) is 64.5 Å². The van der Waals surface area contributed by atoms with Crippen LogP contribution in [-0.4, -0.2) is 24.9 Å². The van der Waals surface area contributed by atoms with E-state index in [1.165, 1.54) is 0 Å². The summed E-state index contributed by atoms with van der Waals surface area (Å²) in [6.07, 6.45) is 5.36. The van der Waals surface area contributed by atoms with Gasteiger partial charge in [0.05, 0.1) is 16.3 Å². The largest absolute Gasteiger partial charge is 0.264 e. The number of aryl methyl sites for hydroxylation is 3. The molecule has 6 heteroatoms. The third-order valence-electron chi connectivity index (χ3n) is 4.17. The van der Waals surface area contributed by atoms with Gasteiger partial charge in [-0.3, -0.25) is 4.98 Å². The molecule has 0 aromatic carbocycles. The van der Waals surface area contributed by atoms with Crippen LogP contribution in [0.5, 0.6) is 0 Å². The molecule has 4 aromatic heterocycles. The van der Waals surface area contributed by atoms with Gasteiger partial charge in [-0.25, -0.2) is 19.9 Å². The van der Waals surface area contributed by atoms with Crippen LogP contribution in [0.1, 0.15) is 17.0 Å². The molecule has 4 rings (SSSR count). The molecule has 0 saturated heterocycles. The second kappa shape index (κ2) is 6.72. The molecule has 0 atom stereocenters. The normalized spacial score (nSPS) is 10.9. The molecule has 4 aromatic rings. The Balaban J connectivity index is 1.75. The highest BCUT2D eigenvalue weighted by Crippen LogP contribution is 2.34. The van der Waals surface area contributed by atoms with Crippen molar-refractivity contribution < 1.29 is 0 Å². The van der Waals surface area contributed by atoms with Gasteiger partial charge in [-0.15, -0.1) is 11.3 Å². The van der Waals surface area contributed by atoms with Crippen LogP contribution in [0.15, 0.2) is 48.9 Å². The highest BCUT2D eigenvalue weighted by molar-refractivity contribution is 7.18. The molecule has 0 radical (unpaired) electrons. The molecule has 0 unspecified atom stereocenters. The molecule has 0 bridgehead atoms. The Morgan fingerprint density at radius 2 is 1.69 bits per heavy atom. The maximum Gasteiger partial charge on any atom is 0.178 e. The molecule has 0 aliphatic heterocycles. The van der Waals surface area contributed by atoms with E-state index in [2.05, 4.69) is 19.9 Å². The second-order valence-corrected chi connectivity index (χ2v) is 7.04. The molecule has 0 aliphatic carbocycles. The lowest BCUT2D eigenvalue weighted by Crippen LogP contribution is -1.96. The molecule has 0 amide bonds. The molecule has 4 heterocycles. The number of nitrogens with zero attached hydrogens (tertiary/aromatic N) is 5. The molecule has 0 saturated carbocycles. The van der Waals surface area contributed by atoms with Gasteiger partial charge in [-0.05, 0) is 50.6 Å². The molecular weight excluding hydrogens is 342 g/mol. The first-order valence-corrected chi connectivity index (χ1v) is 9.09. The monoisotopic (exact) mass is 359 g/mol. The summed E-state index contributed by atoms with van der Waals surface area (Å²) >= 11 is 1.61. The minimum Gasteiger partial charge on any atom is -0.264 e. The summed E-state index contributed by atoms with van der Waals surface area (Å²) in [6, 6.07) is 9.85. The van der Waals surface area contributed by atoms with Crippen molar-refractivity contribution in [1.29, 1.82) is 0 Å². The highest BCUT2D eigenvalue weighted by Gasteiger charge is 2.14. The fourth-order valence-electron chi connectivity index (χ4n) is 2.61. The molecule has 5 nitrogen and oxygen atoms in total. The number of pyridine rings is 2. The standard InChI is InChI=1S/C20H17N5S/c1-12-6-7-17(23-13(12)2)19-22-10-8-16(25-19)18-14(3)24-20(26-18)15-5-4-9-21-11-15/h4-11H,1-3H3. The van der Waals surface area contributed by atoms with E-state index in [0.29, 0.717) is 5.82 Å². The van der Waals surface area contributed by atoms with Crippen LogP contribution < -0.4 is 0 Å². The van der Waals surface area contributed by atoms with Crippen molar-refractivity contribution >= 4 is 11.3 Å². The first kappa shape index (κ1) is 16.5. The predicted molar refractivity (Wildman–Crippen MR) is 104 cm³/mol. The maximum atomic E-state index is 4.73. The van der Waals surface area contributed by atoms with Gasteiger partial charge in [-0.1, -0.05) is 6.07 Å². The van der Waals surface area contributed by atoms with E-state index in [-0.39, 0.29) is 0 Å². The molecular formula is C20H17N5S. The fraction of sp³-hybridized carbons (Fsp3) is 0.150. The van der Waals surface area contributed by atoms with E-state index >= 15 is 0 Å². The number of aromatic nitrogens is 5. The fourth-order valence-corrected chi connectivity index (χ4v) is 3.64. The third kappa shape index (κ3) is 3.11. The van der Waals surface area contributed by atoms with E-state index in [0.717, 1.165) is 43.8 Å². The molecule has 0 fully saturated rings. The lowest BCUT2D eigenvalue weighted by atomic mass is 10.2. The van der Waals surface area contributed by atoms with Crippen LogP contribution in [0.25, 0.3) is 32.7 Å². The average Bonchev–Trinajstić information content (AvgIpc) is 3.07. The third-order valence-corrected chi connectivity index (χ3v) is 5.40. The summed E-state index contributed by atoms with van der Waals surface area (Å²) in [5.74, 6) is 0.626. The zero-order valence-corrected chi connectivity index (χ0v) is 15.6. The number of hydrogen-bond donors (Lipinski definition) is 0. The molecule has 26 heavy (non-hydrogen) atoms. The first-order chi connectivity index (χ1) is 12.6. The SMILES string of the molecule is Cc1ccc(-c2nccc(-c3sc(-c4cccnc4)nc3C)n2)nc1C. The van der Waals surface area contributed by atoms with Gasteiger partial charge in [0.15, 0.2) is 5.82 Å². The Kier molecular flexibility index (Phi) is 4.26. The van der Waals surface area contributed by atoms with E-state index in [9.17, 15) is 0 Å². The maximum absolute atomic E-state index is 4.73. The van der Waals surface area contributed by atoms with Gasteiger partial charge in [0.2, 0.25) is 0 Å². The molecule has 0 aliphatic rings. The quantitative estimate of drug-likeness (QED) is 0.533. The highest BCUT2D eigenvalue weighted by atomic mass is 32.1. The Morgan fingerprint density at radius 3 is 2.46 bits per heavy atom. The van der Waals surface area contributed by atoms with Crippen molar-refractivity contribution in [2.45, 2.75) is 20.8 Å². The van der Waals surface area contributed by atoms with Gasteiger partial charge in [0.25, 0.3) is 0 Å². The van der Waals surface area contributed by atoms with Gasteiger partial charge in [0, 0.05) is 29.8 Å². The van der Waals surface area contributed by atoms with E-state index in [1.54, 1.807) is 23.7 Å². The summed E-state index contributed by atoms with van der Waals surface area (Å²) in [7, 11) is 0. The smallest absolute Gasteiger partial charge is 0.178 e. The van der Waals surface area contributed by atoms with Crippen LogP contribution in [-0.2, 0) is 0 Å². The van der Waals surface area contributed by atoms with Crippen molar-refractivity contribution in [3.05, 3.63) is 65.9 Å². The van der Waals surface area contributed by atoms with E-state index < -0.39 is 0 Å². The molecule has 128 valence electrons. The Hall–Kier alpha value is -2.99.